The summed E-state index contributed by atoms with van der Waals surface area (Å²) in [4.78, 5) is 16.7. The Morgan fingerprint density at radius 3 is 3.00 bits per heavy atom. The van der Waals surface area contributed by atoms with Gasteiger partial charge in [-0.25, -0.2) is 0 Å². The van der Waals surface area contributed by atoms with Gasteiger partial charge in [0, 0.05) is 35.8 Å². The standard InChI is InChI=1S/C16H16N2O/c1-11-7-9-17-10-14(11)16(19)13-4-2-6-15-12(13)5-3-8-18-15/h2,4,6-7,9-10,18H,3,5,8H2,1H3. The fourth-order valence-corrected chi connectivity index (χ4v) is 2.57. The fourth-order valence-electron chi connectivity index (χ4n) is 2.57. The van der Waals surface area contributed by atoms with Gasteiger partial charge in [0.1, 0.15) is 0 Å². The molecule has 0 bridgehead atoms. The highest BCUT2D eigenvalue weighted by Gasteiger charge is 2.19. The molecular weight excluding hydrogens is 236 g/mol. The van der Waals surface area contributed by atoms with Crippen molar-refractivity contribution in [3.8, 4) is 0 Å². The molecule has 3 heteroatoms. The quantitative estimate of drug-likeness (QED) is 0.835. The average molecular weight is 252 g/mol. The van der Waals surface area contributed by atoms with E-state index in [1.54, 1.807) is 12.4 Å². The van der Waals surface area contributed by atoms with Crippen LogP contribution in [-0.2, 0) is 6.42 Å². The molecule has 0 fully saturated rings. The molecule has 96 valence electrons. The third-order valence-electron chi connectivity index (χ3n) is 3.62. The van der Waals surface area contributed by atoms with Gasteiger partial charge in [-0.2, -0.15) is 0 Å². The van der Waals surface area contributed by atoms with Gasteiger partial charge in [-0.05, 0) is 43.0 Å². The molecule has 1 aliphatic heterocycles. The van der Waals surface area contributed by atoms with Gasteiger partial charge in [-0.15, -0.1) is 0 Å². The average Bonchev–Trinajstić information content (AvgIpc) is 2.46. The molecule has 1 aliphatic rings. The molecule has 2 heterocycles. The fraction of sp³-hybridized carbons (Fsp3) is 0.250. The molecule has 3 rings (SSSR count). The number of carbonyl (C=O) groups is 1. The predicted molar refractivity (Wildman–Crippen MR) is 75.7 cm³/mol. The molecule has 1 N–H and O–H groups in total. The monoisotopic (exact) mass is 252 g/mol. The zero-order valence-corrected chi connectivity index (χ0v) is 10.9. The maximum atomic E-state index is 12.7. The summed E-state index contributed by atoms with van der Waals surface area (Å²) in [5.74, 6) is 0.0751. The number of nitrogens with zero attached hydrogens (tertiary/aromatic N) is 1. The summed E-state index contributed by atoms with van der Waals surface area (Å²) in [6, 6.07) is 7.78. The van der Waals surface area contributed by atoms with Gasteiger partial charge in [-0.3, -0.25) is 9.78 Å². The summed E-state index contributed by atoms with van der Waals surface area (Å²) in [7, 11) is 0. The van der Waals surface area contributed by atoms with Crippen molar-refractivity contribution < 1.29 is 4.79 Å². The Bertz CT molecular complexity index is 634. The number of aromatic nitrogens is 1. The van der Waals surface area contributed by atoms with Crippen LogP contribution in [0.5, 0.6) is 0 Å². The number of aryl methyl sites for hydroxylation is 1. The SMILES string of the molecule is Cc1ccncc1C(=O)c1cccc2c1CCCN2. The number of nitrogens with one attached hydrogen (secondary N) is 1. The van der Waals surface area contributed by atoms with Crippen LogP contribution in [-0.4, -0.2) is 17.3 Å². The number of ketones is 1. The summed E-state index contributed by atoms with van der Waals surface area (Å²) >= 11 is 0. The minimum atomic E-state index is 0.0751. The van der Waals surface area contributed by atoms with Crippen LogP contribution in [0, 0.1) is 6.92 Å². The molecule has 0 saturated heterocycles. The zero-order valence-electron chi connectivity index (χ0n) is 10.9. The number of rotatable bonds is 2. The first-order chi connectivity index (χ1) is 9.27. The van der Waals surface area contributed by atoms with Crippen molar-refractivity contribution in [2.24, 2.45) is 0 Å². The first kappa shape index (κ1) is 11.9. The van der Waals surface area contributed by atoms with Crippen LogP contribution in [0.1, 0.15) is 33.5 Å². The van der Waals surface area contributed by atoms with E-state index in [2.05, 4.69) is 10.3 Å². The van der Waals surface area contributed by atoms with E-state index >= 15 is 0 Å². The van der Waals surface area contributed by atoms with Crippen LogP contribution in [0.3, 0.4) is 0 Å². The largest absolute Gasteiger partial charge is 0.385 e. The van der Waals surface area contributed by atoms with E-state index in [-0.39, 0.29) is 5.78 Å². The minimum Gasteiger partial charge on any atom is -0.385 e. The van der Waals surface area contributed by atoms with Crippen LogP contribution >= 0.6 is 0 Å². The van der Waals surface area contributed by atoms with Crippen LogP contribution in [0.15, 0.2) is 36.7 Å². The summed E-state index contributed by atoms with van der Waals surface area (Å²) in [5, 5.41) is 3.36. The maximum absolute atomic E-state index is 12.7. The highest BCUT2D eigenvalue weighted by molar-refractivity contribution is 6.11. The van der Waals surface area contributed by atoms with Gasteiger partial charge in [0.25, 0.3) is 0 Å². The van der Waals surface area contributed by atoms with Crippen molar-refractivity contribution in [1.82, 2.24) is 4.98 Å². The Morgan fingerprint density at radius 1 is 1.26 bits per heavy atom. The van der Waals surface area contributed by atoms with Crippen LogP contribution in [0.25, 0.3) is 0 Å². The Hall–Kier alpha value is -2.16. The topological polar surface area (TPSA) is 42.0 Å². The summed E-state index contributed by atoms with van der Waals surface area (Å²) in [6.07, 6.45) is 5.41. The second kappa shape index (κ2) is 4.84. The minimum absolute atomic E-state index is 0.0751. The molecule has 0 saturated carbocycles. The molecule has 0 atom stereocenters. The molecule has 19 heavy (non-hydrogen) atoms. The molecule has 0 spiro atoms. The van der Waals surface area contributed by atoms with Gasteiger partial charge in [0.05, 0.1) is 0 Å². The molecule has 1 aromatic carbocycles. The highest BCUT2D eigenvalue weighted by Crippen LogP contribution is 2.27. The number of hydrogen-bond donors (Lipinski definition) is 1. The van der Waals surface area contributed by atoms with Gasteiger partial charge in [0.2, 0.25) is 0 Å². The molecule has 2 aromatic rings. The second-order valence-electron chi connectivity index (χ2n) is 4.88. The van der Waals surface area contributed by atoms with E-state index in [1.165, 1.54) is 0 Å². The number of carbonyl (C=O) groups excluding carboxylic acids is 1. The van der Waals surface area contributed by atoms with E-state index in [0.29, 0.717) is 5.56 Å². The second-order valence-corrected chi connectivity index (χ2v) is 4.88. The van der Waals surface area contributed by atoms with Gasteiger partial charge in [0.15, 0.2) is 5.78 Å². The third-order valence-corrected chi connectivity index (χ3v) is 3.62. The van der Waals surface area contributed by atoms with Crippen molar-refractivity contribution in [2.45, 2.75) is 19.8 Å². The maximum Gasteiger partial charge on any atom is 0.195 e. The van der Waals surface area contributed by atoms with E-state index in [4.69, 9.17) is 0 Å². The number of benzene rings is 1. The van der Waals surface area contributed by atoms with Crippen LogP contribution in [0.4, 0.5) is 5.69 Å². The zero-order chi connectivity index (χ0) is 13.2. The van der Waals surface area contributed by atoms with Crippen molar-refractivity contribution in [3.63, 3.8) is 0 Å². The Kier molecular flexibility index (Phi) is 3.03. The lowest BCUT2D eigenvalue weighted by Gasteiger charge is -2.20. The third kappa shape index (κ3) is 2.12. The van der Waals surface area contributed by atoms with E-state index in [0.717, 1.165) is 41.8 Å². The van der Waals surface area contributed by atoms with Crippen LogP contribution in [0.2, 0.25) is 0 Å². The predicted octanol–water partition coefficient (Wildman–Crippen LogP) is 2.98. The molecule has 0 unspecified atom stereocenters. The van der Waals surface area contributed by atoms with Gasteiger partial charge in [-0.1, -0.05) is 12.1 Å². The number of fused-ring (bicyclic) bond motifs is 1. The first-order valence-electron chi connectivity index (χ1n) is 6.58. The normalized spacial score (nSPS) is 13.5. The van der Waals surface area contributed by atoms with Gasteiger partial charge < -0.3 is 5.32 Å². The molecule has 0 radical (unpaired) electrons. The molecule has 1 aromatic heterocycles. The Balaban J connectivity index is 2.08. The van der Waals surface area contributed by atoms with Crippen molar-refractivity contribution in [3.05, 3.63) is 58.9 Å². The van der Waals surface area contributed by atoms with Gasteiger partial charge >= 0.3 is 0 Å². The summed E-state index contributed by atoms with van der Waals surface area (Å²) in [5.41, 5.74) is 4.71. The lowest BCUT2D eigenvalue weighted by molar-refractivity contribution is 0.103. The molecular formula is C16H16N2O. The van der Waals surface area contributed by atoms with Crippen molar-refractivity contribution >= 4 is 11.5 Å². The van der Waals surface area contributed by atoms with E-state index < -0.39 is 0 Å². The lowest BCUT2D eigenvalue weighted by atomic mass is 9.92. The molecule has 3 nitrogen and oxygen atoms in total. The summed E-state index contributed by atoms with van der Waals surface area (Å²) < 4.78 is 0. The molecule has 0 amide bonds. The van der Waals surface area contributed by atoms with Crippen molar-refractivity contribution in [1.29, 1.82) is 0 Å². The molecule has 0 aliphatic carbocycles. The summed E-state index contributed by atoms with van der Waals surface area (Å²) in [6.45, 7) is 2.93. The Morgan fingerprint density at radius 2 is 2.16 bits per heavy atom. The number of pyridine rings is 1. The van der Waals surface area contributed by atoms with Crippen molar-refractivity contribution in [2.75, 3.05) is 11.9 Å². The smallest absolute Gasteiger partial charge is 0.195 e. The lowest BCUT2D eigenvalue weighted by Crippen LogP contribution is -2.16. The number of anilines is 1. The van der Waals surface area contributed by atoms with E-state index in [9.17, 15) is 4.79 Å². The Labute approximate surface area is 112 Å². The first-order valence-corrected chi connectivity index (χ1v) is 6.58. The number of hydrogen-bond acceptors (Lipinski definition) is 3. The van der Waals surface area contributed by atoms with Crippen LogP contribution < -0.4 is 5.32 Å². The van der Waals surface area contributed by atoms with E-state index in [1.807, 2.05) is 31.2 Å². The highest BCUT2D eigenvalue weighted by atomic mass is 16.1.